The Bertz CT molecular complexity index is 555. The van der Waals surface area contributed by atoms with Crippen LogP contribution in [0, 0.1) is 5.82 Å². The molecule has 19 heavy (non-hydrogen) atoms. The predicted molar refractivity (Wildman–Crippen MR) is 68.2 cm³/mol. The first-order valence-electron chi connectivity index (χ1n) is 6.00. The number of nitrogens with one attached hydrogen (secondary N) is 1. The molecule has 0 amide bonds. The van der Waals surface area contributed by atoms with Crippen LogP contribution in [0.25, 0.3) is 11.4 Å². The standard InChI is InChI=1S/C13H16FN3O2/c1-8(2)15-7-12-16-13(17-19-12)9-4-5-10(14)11(6-9)18-3/h4-6,8,15H,7H2,1-3H3. The Morgan fingerprint density at radius 3 is 2.89 bits per heavy atom. The summed E-state index contributed by atoms with van der Waals surface area (Å²) in [4.78, 5) is 4.24. The number of benzene rings is 1. The van der Waals surface area contributed by atoms with Gasteiger partial charge in [0.15, 0.2) is 11.6 Å². The van der Waals surface area contributed by atoms with Gasteiger partial charge in [-0.3, -0.25) is 0 Å². The molecule has 0 aliphatic rings. The lowest BCUT2D eigenvalue weighted by atomic mass is 10.2. The van der Waals surface area contributed by atoms with Gasteiger partial charge in [-0.25, -0.2) is 4.39 Å². The molecule has 0 unspecified atom stereocenters. The molecule has 0 atom stereocenters. The third-order valence-electron chi connectivity index (χ3n) is 2.54. The molecule has 0 spiro atoms. The zero-order valence-electron chi connectivity index (χ0n) is 11.1. The summed E-state index contributed by atoms with van der Waals surface area (Å²) in [6.07, 6.45) is 0. The fourth-order valence-corrected chi connectivity index (χ4v) is 1.53. The second-order valence-electron chi connectivity index (χ2n) is 4.40. The summed E-state index contributed by atoms with van der Waals surface area (Å²) >= 11 is 0. The third kappa shape index (κ3) is 3.29. The van der Waals surface area contributed by atoms with Crippen LogP contribution in [0.2, 0.25) is 0 Å². The highest BCUT2D eigenvalue weighted by atomic mass is 19.1. The molecule has 0 saturated heterocycles. The fraction of sp³-hybridized carbons (Fsp3) is 0.385. The van der Waals surface area contributed by atoms with Crippen molar-refractivity contribution in [3.05, 3.63) is 29.9 Å². The number of aromatic nitrogens is 2. The van der Waals surface area contributed by atoms with Crippen LogP contribution in [0.5, 0.6) is 5.75 Å². The quantitative estimate of drug-likeness (QED) is 0.899. The van der Waals surface area contributed by atoms with Gasteiger partial charge in [0.25, 0.3) is 0 Å². The predicted octanol–water partition coefficient (Wildman–Crippen LogP) is 2.38. The smallest absolute Gasteiger partial charge is 0.240 e. The van der Waals surface area contributed by atoms with E-state index >= 15 is 0 Å². The molecule has 1 aromatic carbocycles. The van der Waals surface area contributed by atoms with Gasteiger partial charge in [0.2, 0.25) is 11.7 Å². The van der Waals surface area contributed by atoms with Gasteiger partial charge in [-0.05, 0) is 18.2 Å². The van der Waals surface area contributed by atoms with E-state index in [9.17, 15) is 4.39 Å². The van der Waals surface area contributed by atoms with E-state index in [1.54, 1.807) is 12.1 Å². The molecule has 1 aromatic heterocycles. The average molecular weight is 265 g/mol. The van der Waals surface area contributed by atoms with Gasteiger partial charge in [-0.2, -0.15) is 4.98 Å². The number of rotatable bonds is 5. The lowest BCUT2D eigenvalue weighted by Crippen LogP contribution is -2.21. The monoisotopic (exact) mass is 265 g/mol. The van der Waals surface area contributed by atoms with E-state index in [1.165, 1.54) is 13.2 Å². The zero-order chi connectivity index (χ0) is 13.8. The second kappa shape index (κ2) is 5.79. The summed E-state index contributed by atoms with van der Waals surface area (Å²) in [5, 5.41) is 7.04. The lowest BCUT2D eigenvalue weighted by Gasteiger charge is -2.03. The molecule has 0 bridgehead atoms. The second-order valence-corrected chi connectivity index (χ2v) is 4.40. The molecule has 0 saturated carbocycles. The minimum Gasteiger partial charge on any atom is -0.494 e. The van der Waals surface area contributed by atoms with Gasteiger partial charge in [0.1, 0.15) is 0 Å². The topological polar surface area (TPSA) is 60.2 Å². The molecule has 0 fully saturated rings. The Balaban J connectivity index is 2.18. The van der Waals surface area contributed by atoms with Crippen LogP contribution >= 0.6 is 0 Å². The number of halogens is 1. The minimum atomic E-state index is -0.420. The van der Waals surface area contributed by atoms with Gasteiger partial charge in [-0.15, -0.1) is 0 Å². The number of hydrogen-bond acceptors (Lipinski definition) is 5. The summed E-state index contributed by atoms with van der Waals surface area (Å²) in [6.45, 7) is 4.56. The lowest BCUT2D eigenvalue weighted by molar-refractivity contribution is 0.362. The first kappa shape index (κ1) is 13.5. The van der Waals surface area contributed by atoms with Crippen molar-refractivity contribution in [2.45, 2.75) is 26.4 Å². The van der Waals surface area contributed by atoms with Crippen LogP contribution in [-0.4, -0.2) is 23.3 Å². The Kier molecular flexibility index (Phi) is 4.11. The molecule has 6 heteroatoms. The van der Waals surface area contributed by atoms with E-state index in [0.717, 1.165) is 0 Å². The van der Waals surface area contributed by atoms with Crippen molar-refractivity contribution in [1.29, 1.82) is 0 Å². The van der Waals surface area contributed by atoms with Crippen molar-refractivity contribution in [3.8, 4) is 17.1 Å². The van der Waals surface area contributed by atoms with Gasteiger partial charge < -0.3 is 14.6 Å². The first-order chi connectivity index (χ1) is 9.10. The molecule has 5 nitrogen and oxygen atoms in total. The van der Waals surface area contributed by atoms with Gasteiger partial charge in [-0.1, -0.05) is 19.0 Å². The minimum absolute atomic E-state index is 0.157. The van der Waals surface area contributed by atoms with E-state index in [1.807, 2.05) is 13.8 Å². The number of ether oxygens (including phenoxy) is 1. The molecule has 1 heterocycles. The van der Waals surface area contributed by atoms with Crippen molar-refractivity contribution in [2.75, 3.05) is 7.11 Å². The van der Waals surface area contributed by atoms with Crippen molar-refractivity contribution in [2.24, 2.45) is 0 Å². The van der Waals surface area contributed by atoms with Crippen LogP contribution < -0.4 is 10.1 Å². The van der Waals surface area contributed by atoms with Crippen LogP contribution in [0.15, 0.2) is 22.7 Å². The highest BCUT2D eigenvalue weighted by Gasteiger charge is 2.11. The molecule has 102 valence electrons. The summed E-state index contributed by atoms with van der Waals surface area (Å²) in [5.41, 5.74) is 0.651. The molecule has 0 aliphatic heterocycles. The molecular weight excluding hydrogens is 249 g/mol. The number of methoxy groups -OCH3 is 1. The highest BCUT2D eigenvalue weighted by Crippen LogP contribution is 2.24. The third-order valence-corrected chi connectivity index (χ3v) is 2.54. The normalized spacial score (nSPS) is 11.0. The first-order valence-corrected chi connectivity index (χ1v) is 6.00. The summed E-state index contributed by atoms with van der Waals surface area (Å²) in [5.74, 6) is 0.645. The van der Waals surface area contributed by atoms with E-state index in [0.29, 0.717) is 29.9 Å². The SMILES string of the molecule is COc1cc(-c2noc(CNC(C)C)n2)ccc1F. The number of nitrogens with zero attached hydrogens (tertiary/aromatic N) is 2. The zero-order valence-corrected chi connectivity index (χ0v) is 11.1. The Morgan fingerprint density at radius 1 is 1.42 bits per heavy atom. The van der Waals surface area contributed by atoms with Crippen molar-refractivity contribution in [1.82, 2.24) is 15.5 Å². The van der Waals surface area contributed by atoms with E-state index in [4.69, 9.17) is 9.26 Å². The fourth-order valence-electron chi connectivity index (χ4n) is 1.53. The van der Waals surface area contributed by atoms with E-state index in [2.05, 4.69) is 15.5 Å². The van der Waals surface area contributed by atoms with E-state index in [-0.39, 0.29) is 5.75 Å². The Labute approximate surface area is 110 Å². The average Bonchev–Trinajstić information content (AvgIpc) is 2.86. The molecule has 0 radical (unpaired) electrons. The Morgan fingerprint density at radius 2 is 2.21 bits per heavy atom. The van der Waals surface area contributed by atoms with Gasteiger partial charge in [0, 0.05) is 11.6 Å². The largest absolute Gasteiger partial charge is 0.494 e. The molecule has 0 aliphatic carbocycles. The van der Waals surface area contributed by atoms with Crippen molar-refractivity contribution >= 4 is 0 Å². The maximum absolute atomic E-state index is 13.3. The molecule has 1 N–H and O–H groups in total. The van der Waals surface area contributed by atoms with Crippen LogP contribution in [0.4, 0.5) is 4.39 Å². The maximum atomic E-state index is 13.3. The highest BCUT2D eigenvalue weighted by molar-refractivity contribution is 5.57. The van der Waals surface area contributed by atoms with E-state index < -0.39 is 5.82 Å². The summed E-state index contributed by atoms with van der Waals surface area (Å²) in [7, 11) is 1.41. The molecular formula is C13H16FN3O2. The van der Waals surface area contributed by atoms with Crippen LogP contribution in [0.3, 0.4) is 0 Å². The van der Waals surface area contributed by atoms with Crippen LogP contribution in [0.1, 0.15) is 19.7 Å². The van der Waals surface area contributed by atoms with Crippen molar-refractivity contribution in [3.63, 3.8) is 0 Å². The van der Waals surface area contributed by atoms with Crippen molar-refractivity contribution < 1.29 is 13.7 Å². The summed E-state index contributed by atoms with van der Waals surface area (Å²) in [6, 6.07) is 4.78. The van der Waals surface area contributed by atoms with Gasteiger partial charge in [0.05, 0.1) is 13.7 Å². The molecule has 2 aromatic rings. The number of hydrogen-bond donors (Lipinski definition) is 1. The maximum Gasteiger partial charge on any atom is 0.240 e. The summed E-state index contributed by atoms with van der Waals surface area (Å²) < 4.78 is 23.3. The van der Waals surface area contributed by atoms with Crippen LogP contribution in [-0.2, 0) is 6.54 Å². The molecule has 2 rings (SSSR count). The van der Waals surface area contributed by atoms with Gasteiger partial charge >= 0.3 is 0 Å². The Hall–Kier alpha value is -1.95.